The monoisotopic (exact) mass is 471 g/mol. The van der Waals surface area contributed by atoms with Gasteiger partial charge in [-0.15, -0.1) is 0 Å². The minimum Gasteiger partial charge on any atom is -0.497 e. The number of nitrogens with zero attached hydrogens (tertiary/aromatic N) is 2. The number of para-hydroxylation sites is 1. The average Bonchev–Trinajstić information content (AvgIpc) is 3.26. The predicted molar refractivity (Wildman–Crippen MR) is 117 cm³/mol. The molecule has 0 spiro atoms. The quantitative estimate of drug-likeness (QED) is 0.594. The van der Waals surface area contributed by atoms with Crippen LogP contribution in [-0.2, 0) is 11.3 Å². The van der Waals surface area contributed by atoms with Gasteiger partial charge in [-0.25, -0.2) is 4.98 Å². The number of methoxy groups -OCH3 is 1. The summed E-state index contributed by atoms with van der Waals surface area (Å²) in [5, 5.41) is 0.522. The molecular weight excluding hydrogens is 450 g/mol. The van der Waals surface area contributed by atoms with Gasteiger partial charge in [-0.05, 0) is 59.1 Å². The van der Waals surface area contributed by atoms with Gasteiger partial charge in [0.25, 0.3) is 11.5 Å². The van der Waals surface area contributed by atoms with Crippen LogP contribution >= 0.6 is 15.9 Å². The second-order valence-corrected chi connectivity index (χ2v) is 8.05. The Morgan fingerprint density at radius 3 is 2.93 bits per heavy atom. The lowest BCUT2D eigenvalue weighted by Gasteiger charge is -2.26. The third kappa shape index (κ3) is 4.39. The molecule has 1 amide bonds. The summed E-state index contributed by atoms with van der Waals surface area (Å²) >= 11 is 3.46. The number of H-pyrrole nitrogens is 1. The van der Waals surface area contributed by atoms with E-state index in [1.54, 1.807) is 48.4 Å². The molecule has 1 aliphatic rings. The van der Waals surface area contributed by atoms with Crippen molar-refractivity contribution in [3.05, 3.63) is 68.7 Å². The summed E-state index contributed by atoms with van der Waals surface area (Å²) in [4.78, 5) is 34.9. The highest BCUT2D eigenvalue weighted by Crippen LogP contribution is 2.25. The fraction of sp³-hybridized carbons (Fsp3) is 0.318. The Morgan fingerprint density at radius 2 is 2.17 bits per heavy atom. The Balaban J connectivity index is 1.68. The lowest BCUT2D eigenvalue weighted by Crippen LogP contribution is -2.38. The van der Waals surface area contributed by atoms with Crippen LogP contribution in [0, 0.1) is 0 Å². The molecule has 0 unspecified atom stereocenters. The van der Waals surface area contributed by atoms with Crippen LogP contribution in [0.4, 0.5) is 0 Å². The Kier molecular flexibility index (Phi) is 6.15. The second kappa shape index (κ2) is 8.97. The van der Waals surface area contributed by atoms with Crippen LogP contribution in [0.2, 0.25) is 0 Å². The van der Waals surface area contributed by atoms with E-state index in [0.717, 1.165) is 12.8 Å². The second-order valence-electron chi connectivity index (χ2n) is 7.20. The van der Waals surface area contributed by atoms with Gasteiger partial charge in [-0.2, -0.15) is 0 Å². The molecule has 156 valence electrons. The van der Waals surface area contributed by atoms with E-state index in [1.807, 2.05) is 6.07 Å². The summed E-state index contributed by atoms with van der Waals surface area (Å²) in [6.45, 7) is 1.28. The van der Waals surface area contributed by atoms with E-state index in [2.05, 4.69) is 25.9 Å². The van der Waals surface area contributed by atoms with Gasteiger partial charge in [0.15, 0.2) is 0 Å². The summed E-state index contributed by atoms with van der Waals surface area (Å²) in [7, 11) is 1.56. The lowest BCUT2D eigenvalue weighted by molar-refractivity contribution is 0.0500. The van der Waals surface area contributed by atoms with Gasteiger partial charge < -0.3 is 19.4 Å². The van der Waals surface area contributed by atoms with E-state index in [0.29, 0.717) is 45.7 Å². The van der Waals surface area contributed by atoms with Crippen molar-refractivity contribution in [2.45, 2.75) is 25.5 Å². The van der Waals surface area contributed by atoms with Crippen LogP contribution in [-0.4, -0.2) is 47.1 Å². The largest absolute Gasteiger partial charge is 0.497 e. The summed E-state index contributed by atoms with van der Waals surface area (Å²) in [6, 6.07) is 12.4. The Labute approximate surface area is 182 Å². The summed E-state index contributed by atoms with van der Waals surface area (Å²) in [6.07, 6.45) is 1.83. The molecule has 2 aromatic carbocycles. The van der Waals surface area contributed by atoms with Crippen LogP contribution in [0.5, 0.6) is 5.75 Å². The number of nitrogens with one attached hydrogen (secondary N) is 1. The zero-order chi connectivity index (χ0) is 21.1. The molecule has 0 aliphatic carbocycles. The Hall–Kier alpha value is -2.71. The number of rotatable bonds is 6. The number of amides is 1. The van der Waals surface area contributed by atoms with Crippen molar-refractivity contribution in [3.63, 3.8) is 0 Å². The first-order valence-electron chi connectivity index (χ1n) is 9.77. The maximum Gasteiger partial charge on any atom is 0.258 e. The van der Waals surface area contributed by atoms with Crippen LogP contribution in [0.25, 0.3) is 10.9 Å². The summed E-state index contributed by atoms with van der Waals surface area (Å²) < 4.78 is 11.7. The number of aromatic nitrogens is 2. The number of hydrogen-bond acceptors (Lipinski definition) is 5. The van der Waals surface area contributed by atoms with Gasteiger partial charge in [0.1, 0.15) is 11.6 Å². The standard InChI is InChI=1S/C22H22BrN3O4/c1-29-14-8-9-18(23)17(11-14)22(28)26(12-15-5-4-10-30-15)13-20-24-19-7-3-2-6-16(19)21(27)25-20/h2-3,6-9,11,15H,4-5,10,12-13H2,1H3,(H,24,25,27)/t15-/m0/s1. The minimum atomic E-state index is -0.220. The highest BCUT2D eigenvalue weighted by atomic mass is 79.9. The van der Waals surface area contributed by atoms with Crippen molar-refractivity contribution in [1.29, 1.82) is 0 Å². The number of aromatic amines is 1. The summed E-state index contributed by atoms with van der Waals surface area (Å²) in [5.74, 6) is 0.840. The first-order valence-corrected chi connectivity index (χ1v) is 10.6. The van der Waals surface area contributed by atoms with Crippen molar-refractivity contribution in [2.75, 3.05) is 20.3 Å². The van der Waals surface area contributed by atoms with Gasteiger partial charge in [-0.3, -0.25) is 9.59 Å². The number of carbonyl (C=O) groups is 1. The fourth-order valence-corrected chi connectivity index (χ4v) is 4.03. The average molecular weight is 472 g/mol. The number of ether oxygens (including phenoxy) is 2. The third-order valence-electron chi connectivity index (χ3n) is 5.14. The molecular formula is C22H22BrN3O4. The lowest BCUT2D eigenvalue weighted by atomic mass is 10.1. The molecule has 8 heteroatoms. The van der Waals surface area contributed by atoms with Crippen LogP contribution in [0.15, 0.2) is 51.7 Å². The first kappa shape index (κ1) is 20.6. The van der Waals surface area contributed by atoms with Gasteiger partial charge >= 0.3 is 0 Å². The number of halogens is 1. The van der Waals surface area contributed by atoms with E-state index < -0.39 is 0 Å². The first-order chi connectivity index (χ1) is 14.5. The Morgan fingerprint density at radius 1 is 1.33 bits per heavy atom. The van der Waals surface area contributed by atoms with E-state index in [1.165, 1.54) is 0 Å². The molecule has 7 nitrogen and oxygen atoms in total. The van der Waals surface area contributed by atoms with Crippen molar-refractivity contribution < 1.29 is 14.3 Å². The van der Waals surface area contributed by atoms with E-state index >= 15 is 0 Å². The highest BCUT2D eigenvalue weighted by Gasteiger charge is 2.26. The zero-order valence-electron chi connectivity index (χ0n) is 16.6. The predicted octanol–water partition coefficient (Wildman–Crippen LogP) is 3.52. The van der Waals surface area contributed by atoms with Crippen molar-refractivity contribution in [3.8, 4) is 5.75 Å². The zero-order valence-corrected chi connectivity index (χ0v) is 18.1. The van der Waals surface area contributed by atoms with Gasteiger partial charge in [0, 0.05) is 17.6 Å². The molecule has 3 aromatic rings. The SMILES string of the molecule is COc1ccc(Br)c(C(=O)N(Cc2nc3ccccc3c(=O)[nH]2)C[C@@H]2CCCO2)c1. The molecule has 1 atom stereocenters. The topological polar surface area (TPSA) is 84.5 Å². The molecule has 1 saturated heterocycles. The molecule has 0 bridgehead atoms. The van der Waals surface area contributed by atoms with Gasteiger partial charge in [0.2, 0.25) is 0 Å². The molecule has 1 fully saturated rings. The van der Waals surface area contributed by atoms with Gasteiger partial charge in [-0.1, -0.05) is 12.1 Å². The van der Waals surface area contributed by atoms with Crippen LogP contribution < -0.4 is 10.3 Å². The van der Waals surface area contributed by atoms with E-state index in [9.17, 15) is 9.59 Å². The van der Waals surface area contributed by atoms with E-state index in [-0.39, 0.29) is 24.1 Å². The molecule has 30 heavy (non-hydrogen) atoms. The normalized spacial score (nSPS) is 16.0. The Bertz CT molecular complexity index is 1120. The number of fused-ring (bicyclic) bond motifs is 1. The smallest absolute Gasteiger partial charge is 0.258 e. The van der Waals surface area contributed by atoms with Crippen molar-refractivity contribution >= 4 is 32.7 Å². The van der Waals surface area contributed by atoms with Gasteiger partial charge in [0.05, 0.1) is 36.2 Å². The highest BCUT2D eigenvalue weighted by molar-refractivity contribution is 9.10. The van der Waals surface area contributed by atoms with Crippen LogP contribution in [0.3, 0.4) is 0 Å². The molecule has 1 aromatic heterocycles. The van der Waals surface area contributed by atoms with Crippen LogP contribution in [0.1, 0.15) is 29.0 Å². The van der Waals surface area contributed by atoms with E-state index in [4.69, 9.17) is 9.47 Å². The molecule has 1 N–H and O–H groups in total. The third-order valence-corrected chi connectivity index (χ3v) is 5.83. The number of carbonyl (C=O) groups excluding carboxylic acids is 1. The number of benzene rings is 2. The molecule has 4 rings (SSSR count). The molecule has 1 aliphatic heterocycles. The fourth-order valence-electron chi connectivity index (χ4n) is 3.61. The summed E-state index contributed by atoms with van der Waals surface area (Å²) in [5.41, 5.74) is 0.862. The molecule has 0 radical (unpaired) electrons. The minimum absolute atomic E-state index is 0.0366. The van der Waals surface area contributed by atoms with Crippen molar-refractivity contribution in [2.24, 2.45) is 0 Å². The molecule has 0 saturated carbocycles. The molecule has 2 heterocycles. The van der Waals surface area contributed by atoms with Crippen molar-refractivity contribution in [1.82, 2.24) is 14.9 Å². The number of hydrogen-bond donors (Lipinski definition) is 1. The maximum atomic E-state index is 13.4. The maximum absolute atomic E-state index is 13.4.